The molecule has 4 amide bonds. The Labute approximate surface area is 316 Å². The number of hydrogen-bond acceptors (Lipinski definition) is 6. The Kier molecular flexibility index (Phi) is 8.81. The van der Waals surface area contributed by atoms with Crippen molar-refractivity contribution in [3.8, 4) is 11.5 Å². The molecule has 3 fully saturated rings. The number of anilines is 2. The second kappa shape index (κ2) is 12.5. The molecule has 2 heterocycles. The highest BCUT2D eigenvalue weighted by atomic mass is 35.5. The molecule has 0 aromatic heterocycles. The lowest BCUT2D eigenvalue weighted by atomic mass is 9.56. The number of imide groups is 2. The summed E-state index contributed by atoms with van der Waals surface area (Å²) in [5, 5.41) is 11.2. The molecule has 296 valence electrons. The van der Waals surface area contributed by atoms with Crippen LogP contribution in [0.1, 0.15) is 35.4 Å². The summed E-state index contributed by atoms with van der Waals surface area (Å²) in [6, 6.07) is 3.35. The van der Waals surface area contributed by atoms with Gasteiger partial charge in [0, 0.05) is 17.5 Å². The van der Waals surface area contributed by atoms with E-state index in [-0.39, 0.29) is 40.0 Å². The average molecular weight is 843 g/mol. The van der Waals surface area contributed by atoms with Crippen LogP contribution in [0.3, 0.4) is 0 Å². The maximum absolute atomic E-state index is 15.2. The molecule has 3 aromatic carbocycles. The number of benzene rings is 3. The van der Waals surface area contributed by atoms with Crippen LogP contribution in [0.5, 0.6) is 11.5 Å². The number of carbonyl (C=O) groups excluding carboxylic acids is 4. The first-order chi connectivity index (χ1) is 25.9. The van der Waals surface area contributed by atoms with Gasteiger partial charge in [-0.1, -0.05) is 17.7 Å². The van der Waals surface area contributed by atoms with E-state index >= 15 is 8.78 Å². The molecule has 8 nitrogen and oxygen atoms in total. The molecule has 56 heavy (non-hydrogen) atoms. The zero-order valence-corrected chi connectivity index (χ0v) is 29.1. The first-order valence-corrected chi connectivity index (χ1v) is 16.7. The van der Waals surface area contributed by atoms with Crippen molar-refractivity contribution < 1.29 is 77.3 Å². The van der Waals surface area contributed by atoms with Crippen molar-refractivity contribution in [1.82, 2.24) is 0 Å². The fourth-order valence-corrected chi connectivity index (χ4v) is 9.06. The molecule has 0 unspecified atom stereocenters. The van der Waals surface area contributed by atoms with E-state index in [0.29, 0.717) is 0 Å². The SMILES string of the molecule is COc1ccc([C@H]2C3=CC[C@@H]4C(=O)N(c5cc(C(F)(F)F)cc(C(F)(F)F)c5)C(=O)[C@@H]4[C@@H]3C[C@@]3(Cl)C(=O)N(c4c(F)c(F)c(F)c(F)c4F)C(=O)[C@@]23Cl)c(O)c1. The molecule has 6 atom stereocenters. The van der Waals surface area contributed by atoms with Crippen LogP contribution in [-0.4, -0.2) is 45.6 Å². The second-order valence-corrected chi connectivity index (χ2v) is 14.6. The predicted octanol–water partition coefficient (Wildman–Crippen LogP) is 7.90. The summed E-state index contributed by atoms with van der Waals surface area (Å²) < 4.78 is 161. The summed E-state index contributed by atoms with van der Waals surface area (Å²) in [6.07, 6.45) is -11.1. The topological polar surface area (TPSA) is 104 Å². The highest BCUT2D eigenvalue weighted by Crippen LogP contribution is 2.67. The first kappa shape index (κ1) is 39.3. The number of methoxy groups -OCH3 is 1. The zero-order chi connectivity index (χ0) is 41.4. The summed E-state index contributed by atoms with van der Waals surface area (Å²) in [5.41, 5.74) is -7.43. The quantitative estimate of drug-likeness (QED) is 0.0716. The highest BCUT2D eigenvalue weighted by molar-refractivity contribution is 6.58. The van der Waals surface area contributed by atoms with Gasteiger partial charge in [0.15, 0.2) is 33.0 Å². The molecule has 0 spiro atoms. The number of alkyl halides is 8. The standard InChI is InChI=1S/C35H19Cl2F11N2O6/c1-56-14-2-3-16(19(51)9-14)21-15-4-5-17-20(29(53)49(28(17)52)13-7-11(34(43,44)45)6-12(8-13)35(46,47)48)18(15)10-32(36)30(54)50(31(55)33(21,32)37)27-25(41)23(39)22(38)24(40)26(27)42/h2-4,6-9,17-18,20-21,51H,5,10H2,1H3/t17-,18+,20-,21+,32+,33-/m0/s1. The van der Waals surface area contributed by atoms with Crippen LogP contribution in [-0.2, 0) is 31.5 Å². The van der Waals surface area contributed by atoms with Crippen LogP contribution in [0.4, 0.5) is 59.7 Å². The van der Waals surface area contributed by atoms with Crippen molar-refractivity contribution in [1.29, 1.82) is 0 Å². The lowest BCUT2D eigenvalue weighted by molar-refractivity contribution is -0.143. The van der Waals surface area contributed by atoms with Crippen molar-refractivity contribution in [3.63, 3.8) is 0 Å². The van der Waals surface area contributed by atoms with Gasteiger partial charge in [0.1, 0.15) is 17.2 Å². The second-order valence-electron chi connectivity index (χ2n) is 13.4. The number of rotatable bonds is 4. The van der Waals surface area contributed by atoms with Gasteiger partial charge in [0.2, 0.25) is 17.6 Å². The number of halogens is 13. The third-order valence-electron chi connectivity index (χ3n) is 10.6. The first-order valence-electron chi connectivity index (χ1n) is 15.9. The van der Waals surface area contributed by atoms with E-state index in [1.54, 1.807) is 0 Å². The van der Waals surface area contributed by atoms with Crippen molar-refractivity contribution in [2.75, 3.05) is 16.9 Å². The maximum Gasteiger partial charge on any atom is 0.416 e. The number of ether oxygens (including phenoxy) is 1. The molecule has 2 saturated heterocycles. The van der Waals surface area contributed by atoms with E-state index in [2.05, 4.69) is 0 Å². The van der Waals surface area contributed by atoms with Crippen LogP contribution >= 0.6 is 23.2 Å². The van der Waals surface area contributed by atoms with E-state index < -0.39 is 144 Å². The van der Waals surface area contributed by atoms with Gasteiger partial charge in [-0.25, -0.2) is 31.8 Å². The smallest absolute Gasteiger partial charge is 0.416 e. The number of amides is 4. The van der Waals surface area contributed by atoms with Crippen molar-refractivity contribution in [2.24, 2.45) is 17.8 Å². The Morgan fingerprint density at radius 2 is 1.30 bits per heavy atom. The minimum absolute atomic E-state index is 0.000403. The average Bonchev–Trinajstić information content (AvgIpc) is 3.47. The molecule has 0 radical (unpaired) electrons. The molecule has 3 aromatic rings. The number of carbonyl (C=O) groups is 4. The molecule has 4 aliphatic rings. The number of hydrogen-bond donors (Lipinski definition) is 1. The van der Waals surface area contributed by atoms with Crippen LogP contribution in [0.15, 0.2) is 48.0 Å². The largest absolute Gasteiger partial charge is 0.508 e. The van der Waals surface area contributed by atoms with Gasteiger partial charge in [-0.2, -0.15) is 26.3 Å². The van der Waals surface area contributed by atoms with E-state index in [1.165, 1.54) is 19.3 Å². The molecule has 1 N–H and O–H groups in total. The third kappa shape index (κ3) is 5.25. The van der Waals surface area contributed by atoms with Crippen molar-refractivity contribution in [3.05, 3.63) is 93.8 Å². The van der Waals surface area contributed by atoms with E-state index in [1.807, 2.05) is 0 Å². The Morgan fingerprint density at radius 1 is 0.750 bits per heavy atom. The molecule has 2 aliphatic heterocycles. The summed E-state index contributed by atoms with van der Waals surface area (Å²) in [5.74, 6) is -27.0. The number of phenols is 1. The van der Waals surface area contributed by atoms with Gasteiger partial charge in [-0.15, -0.1) is 23.2 Å². The minimum Gasteiger partial charge on any atom is -0.508 e. The molecule has 1 saturated carbocycles. The highest BCUT2D eigenvalue weighted by Gasteiger charge is 2.77. The third-order valence-corrected chi connectivity index (χ3v) is 12.0. The molecule has 0 bridgehead atoms. The molecular formula is C35H19Cl2F11N2O6. The van der Waals surface area contributed by atoms with Crippen molar-refractivity contribution >= 4 is 58.2 Å². The Morgan fingerprint density at radius 3 is 1.82 bits per heavy atom. The Bertz CT molecular complexity index is 2270. The van der Waals surface area contributed by atoms with Gasteiger partial charge in [0.25, 0.3) is 11.8 Å². The molecular weight excluding hydrogens is 824 g/mol. The van der Waals surface area contributed by atoms with Crippen LogP contribution in [0.2, 0.25) is 0 Å². The fourth-order valence-electron chi connectivity index (χ4n) is 8.13. The lowest BCUT2D eigenvalue weighted by Crippen LogP contribution is -2.60. The summed E-state index contributed by atoms with van der Waals surface area (Å²) in [4.78, 5) is 50.2. The van der Waals surface area contributed by atoms with Gasteiger partial charge < -0.3 is 9.84 Å². The number of nitrogens with zero attached hydrogens (tertiary/aromatic N) is 2. The summed E-state index contributed by atoms with van der Waals surface area (Å²) >= 11 is 13.9. The van der Waals surface area contributed by atoms with Crippen LogP contribution in [0, 0.1) is 46.8 Å². The van der Waals surface area contributed by atoms with Gasteiger partial charge in [-0.3, -0.25) is 19.2 Å². The summed E-state index contributed by atoms with van der Waals surface area (Å²) in [6.45, 7) is 0. The minimum atomic E-state index is -5.38. The Balaban J connectivity index is 1.42. The molecule has 2 aliphatic carbocycles. The molecule has 21 heteroatoms. The monoisotopic (exact) mass is 842 g/mol. The number of fused-ring (bicyclic) bond motifs is 4. The van der Waals surface area contributed by atoms with E-state index in [0.717, 1.165) is 12.1 Å². The zero-order valence-electron chi connectivity index (χ0n) is 27.6. The normalized spacial score (nSPS) is 27.7. The predicted molar refractivity (Wildman–Crippen MR) is 170 cm³/mol. The number of phenolic OH excluding ortho intramolecular Hbond substituents is 1. The van der Waals surface area contributed by atoms with E-state index in [9.17, 15) is 63.8 Å². The van der Waals surface area contributed by atoms with E-state index in [4.69, 9.17) is 27.9 Å². The van der Waals surface area contributed by atoms with Gasteiger partial charge in [0.05, 0.1) is 35.8 Å². The number of aromatic hydroxyl groups is 1. The fraction of sp³-hybridized carbons (Fsp3) is 0.314. The van der Waals surface area contributed by atoms with Crippen molar-refractivity contribution in [2.45, 2.75) is 40.9 Å². The van der Waals surface area contributed by atoms with Crippen LogP contribution < -0.4 is 14.5 Å². The maximum atomic E-state index is 15.2. The van der Waals surface area contributed by atoms with Crippen LogP contribution in [0.25, 0.3) is 0 Å². The molecule has 7 rings (SSSR count). The number of allylic oxidation sites excluding steroid dienone is 2. The van der Waals surface area contributed by atoms with Gasteiger partial charge in [-0.05, 0) is 43.0 Å². The Hall–Kier alpha value is -4.91. The van der Waals surface area contributed by atoms with Gasteiger partial charge >= 0.3 is 12.4 Å². The lowest BCUT2D eigenvalue weighted by Gasteiger charge is -2.50. The summed E-state index contributed by atoms with van der Waals surface area (Å²) in [7, 11) is 1.19.